The molecule has 0 saturated heterocycles. The Morgan fingerprint density at radius 3 is 2.67 bits per heavy atom. The highest BCUT2D eigenvalue weighted by atomic mass is 35.5. The molecule has 3 aromatic rings. The molecular formula is C16H11ClF3N5O2. The third-order valence-electron chi connectivity index (χ3n) is 3.29. The van der Waals surface area contributed by atoms with Gasteiger partial charge in [-0.2, -0.15) is 13.2 Å². The van der Waals surface area contributed by atoms with E-state index in [4.69, 9.17) is 16.1 Å². The fourth-order valence-electron chi connectivity index (χ4n) is 2.13. The average molecular weight is 398 g/mol. The summed E-state index contributed by atoms with van der Waals surface area (Å²) in [6, 6.07) is 6.04. The van der Waals surface area contributed by atoms with E-state index in [1.165, 1.54) is 24.4 Å². The number of aryl methyl sites for hydroxylation is 1. The van der Waals surface area contributed by atoms with E-state index >= 15 is 0 Å². The quantitative estimate of drug-likeness (QED) is 0.676. The molecule has 2 aromatic heterocycles. The van der Waals surface area contributed by atoms with Crippen LogP contribution in [0, 0.1) is 6.92 Å². The van der Waals surface area contributed by atoms with E-state index in [0.29, 0.717) is 5.76 Å². The molecule has 0 radical (unpaired) electrons. The number of nitrogens with one attached hydrogen (secondary N) is 2. The van der Waals surface area contributed by atoms with Gasteiger partial charge in [-0.1, -0.05) is 16.8 Å². The van der Waals surface area contributed by atoms with E-state index in [2.05, 4.69) is 25.8 Å². The van der Waals surface area contributed by atoms with Gasteiger partial charge in [-0.25, -0.2) is 9.97 Å². The summed E-state index contributed by atoms with van der Waals surface area (Å²) >= 11 is 5.65. The van der Waals surface area contributed by atoms with E-state index in [0.717, 1.165) is 12.1 Å². The van der Waals surface area contributed by atoms with Crippen molar-refractivity contribution in [1.29, 1.82) is 0 Å². The van der Waals surface area contributed by atoms with Crippen LogP contribution in [0.2, 0.25) is 5.02 Å². The van der Waals surface area contributed by atoms with Gasteiger partial charge in [0.05, 0.1) is 11.3 Å². The number of nitrogens with zero attached hydrogens (tertiary/aromatic N) is 3. The van der Waals surface area contributed by atoms with Crippen LogP contribution in [0.15, 0.2) is 41.1 Å². The summed E-state index contributed by atoms with van der Waals surface area (Å²) in [6.07, 6.45) is -3.39. The first kappa shape index (κ1) is 18.6. The zero-order valence-electron chi connectivity index (χ0n) is 13.6. The summed E-state index contributed by atoms with van der Waals surface area (Å²) in [5.74, 6) is -0.131. The van der Waals surface area contributed by atoms with Crippen molar-refractivity contribution in [2.24, 2.45) is 0 Å². The van der Waals surface area contributed by atoms with Crippen molar-refractivity contribution in [2.45, 2.75) is 13.1 Å². The van der Waals surface area contributed by atoms with Gasteiger partial charge in [-0.15, -0.1) is 0 Å². The molecule has 0 unspecified atom stereocenters. The number of hydrogen-bond donors (Lipinski definition) is 2. The number of rotatable bonds is 4. The van der Waals surface area contributed by atoms with Gasteiger partial charge < -0.3 is 15.2 Å². The largest absolute Gasteiger partial charge is 0.418 e. The SMILES string of the molecule is Cc1cc(NC(=O)c2ccnc(Nc3ccc(Cl)cc3C(F)(F)F)n2)no1. The van der Waals surface area contributed by atoms with Crippen LogP contribution < -0.4 is 10.6 Å². The Bertz CT molecular complexity index is 990. The molecule has 7 nitrogen and oxygen atoms in total. The predicted octanol–water partition coefficient (Wildman–Crippen LogP) is 4.44. The van der Waals surface area contributed by atoms with Crippen molar-refractivity contribution in [1.82, 2.24) is 15.1 Å². The van der Waals surface area contributed by atoms with Crippen molar-refractivity contribution in [3.05, 3.63) is 58.6 Å². The number of benzene rings is 1. The lowest BCUT2D eigenvalue weighted by Crippen LogP contribution is -2.15. The van der Waals surface area contributed by atoms with Gasteiger partial charge in [0, 0.05) is 17.3 Å². The predicted molar refractivity (Wildman–Crippen MR) is 91.0 cm³/mol. The minimum absolute atomic E-state index is 0.0650. The van der Waals surface area contributed by atoms with E-state index in [-0.39, 0.29) is 28.2 Å². The Morgan fingerprint density at radius 1 is 1.22 bits per heavy atom. The standard InChI is InChI=1S/C16H11ClF3N5O2/c1-8-6-13(25-27-8)24-14(26)12-4-5-21-15(23-12)22-11-3-2-9(17)7-10(11)16(18,19)20/h2-7H,1H3,(H,21,22,23)(H,24,25,26). The summed E-state index contributed by atoms with van der Waals surface area (Å²) in [7, 11) is 0. The van der Waals surface area contributed by atoms with Crippen LogP contribution in [0.3, 0.4) is 0 Å². The Labute approximate surface area is 155 Å². The maximum Gasteiger partial charge on any atom is 0.418 e. The number of carbonyl (C=O) groups is 1. The summed E-state index contributed by atoms with van der Waals surface area (Å²) in [5.41, 5.74) is -1.35. The molecule has 0 aliphatic rings. The molecule has 11 heteroatoms. The van der Waals surface area contributed by atoms with Crippen molar-refractivity contribution < 1.29 is 22.5 Å². The summed E-state index contributed by atoms with van der Waals surface area (Å²) in [6.45, 7) is 1.65. The zero-order chi connectivity index (χ0) is 19.6. The first-order chi connectivity index (χ1) is 12.7. The average Bonchev–Trinajstić information content (AvgIpc) is 3.00. The lowest BCUT2D eigenvalue weighted by atomic mass is 10.1. The smallest absolute Gasteiger partial charge is 0.360 e. The number of amides is 1. The molecule has 3 rings (SSSR count). The molecule has 0 saturated carbocycles. The van der Waals surface area contributed by atoms with Crippen molar-refractivity contribution in [3.8, 4) is 0 Å². The Kier molecular flexibility index (Phi) is 5.00. The van der Waals surface area contributed by atoms with Crippen molar-refractivity contribution in [2.75, 3.05) is 10.6 Å². The van der Waals surface area contributed by atoms with Crippen LogP contribution in [0.25, 0.3) is 0 Å². The van der Waals surface area contributed by atoms with Crippen LogP contribution >= 0.6 is 11.6 Å². The minimum Gasteiger partial charge on any atom is -0.360 e. The highest BCUT2D eigenvalue weighted by molar-refractivity contribution is 6.30. The van der Waals surface area contributed by atoms with Gasteiger partial charge in [-0.3, -0.25) is 4.79 Å². The second kappa shape index (κ2) is 7.23. The summed E-state index contributed by atoms with van der Waals surface area (Å²) < 4.78 is 44.3. The second-order valence-electron chi connectivity index (χ2n) is 5.36. The number of aromatic nitrogens is 3. The van der Waals surface area contributed by atoms with Crippen LogP contribution in [-0.4, -0.2) is 21.0 Å². The van der Waals surface area contributed by atoms with Crippen LogP contribution in [-0.2, 0) is 6.18 Å². The fraction of sp³-hybridized carbons (Fsp3) is 0.125. The lowest BCUT2D eigenvalue weighted by molar-refractivity contribution is -0.136. The molecule has 2 heterocycles. The molecule has 1 amide bonds. The Morgan fingerprint density at radius 2 is 2.00 bits per heavy atom. The highest BCUT2D eigenvalue weighted by Gasteiger charge is 2.34. The van der Waals surface area contributed by atoms with E-state index in [1.54, 1.807) is 6.92 Å². The molecule has 140 valence electrons. The second-order valence-corrected chi connectivity index (χ2v) is 5.79. The Hall–Kier alpha value is -3.14. The maximum atomic E-state index is 13.2. The van der Waals surface area contributed by atoms with Gasteiger partial charge in [-0.05, 0) is 31.2 Å². The first-order valence-electron chi connectivity index (χ1n) is 7.44. The molecule has 0 spiro atoms. The molecule has 2 N–H and O–H groups in total. The molecule has 0 bridgehead atoms. The Balaban J connectivity index is 1.83. The highest BCUT2D eigenvalue weighted by Crippen LogP contribution is 2.37. The minimum atomic E-state index is -4.63. The monoisotopic (exact) mass is 397 g/mol. The number of halogens is 4. The molecule has 0 aliphatic carbocycles. The molecule has 1 aromatic carbocycles. The topological polar surface area (TPSA) is 92.9 Å². The van der Waals surface area contributed by atoms with Gasteiger partial charge in [0.1, 0.15) is 11.5 Å². The van der Waals surface area contributed by atoms with Gasteiger partial charge in [0.15, 0.2) is 5.82 Å². The molecule has 0 atom stereocenters. The fourth-order valence-corrected chi connectivity index (χ4v) is 2.30. The van der Waals surface area contributed by atoms with Gasteiger partial charge >= 0.3 is 6.18 Å². The zero-order valence-corrected chi connectivity index (χ0v) is 14.4. The van der Waals surface area contributed by atoms with Crippen LogP contribution in [0.4, 0.5) is 30.6 Å². The lowest BCUT2D eigenvalue weighted by Gasteiger charge is -2.14. The van der Waals surface area contributed by atoms with E-state index < -0.39 is 17.6 Å². The number of alkyl halides is 3. The third kappa shape index (κ3) is 4.53. The molecule has 0 aliphatic heterocycles. The normalized spacial score (nSPS) is 11.3. The number of anilines is 3. The molecular weight excluding hydrogens is 387 g/mol. The van der Waals surface area contributed by atoms with E-state index in [9.17, 15) is 18.0 Å². The van der Waals surface area contributed by atoms with E-state index in [1.807, 2.05) is 0 Å². The maximum absolute atomic E-state index is 13.2. The summed E-state index contributed by atoms with van der Waals surface area (Å²) in [5, 5.41) is 8.46. The van der Waals surface area contributed by atoms with Crippen molar-refractivity contribution in [3.63, 3.8) is 0 Å². The van der Waals surface area contributed by atoms with Crippen molar-refractivity contribution >= 4 is 35.0 Å². The molecule has 27 heavy (non-hydrogen) atoms. The summed E-state index contributed by atoms with van der Waals surface area (Å²) in [4.78, 5) is 20.0. The van der Waals surface area contributed by atoms with Crippen LogP contribution in [0.1, 0.15) is 21.8 Å². The third-order valence-corrected chi connectivity index (χ3v) is 3.53. The van der Waals surface area contributed by atoms with Crippen LogP contribution in [0.5, 0.6) is 0 Å². The number of hydrogen-bond acceptors (Lipinski definition) is 6. The number of carbonyl (C=O) groups excluding carboxylic acids is 1. The molecule has 0 fully saturated rings. The first-order valence-corrected chi connectivity index (χ1v) is 7.81. The van der Waals surface area contributed by atoms with Gasteiger partial charge in [0.2, 0.25) is 5.95 Å². The van der Waals surface area contributed by atoms with Gasteiger partial charge in [0.25, 0.3) is 5.91 Å².